The Bertz CT molecular complexity index is 1140. The van der Waals surface area contributed by atoms with E-state index in [-0.39, 0.29) is 5.41 Å². The summed E-state index contributed by atoms with van der Waals surface area (Å²) >= 11 is 0. The van der Waals surface area contributed by atoms with Gasteiger partial charge in [0.25, 0.3) is 0 Å². The summed E-state index contributed by atoms with van der Waals surface area (Å²) in [7, 11) is 0. The van der Waals surface area contributed by atoms with Gasteiger partial charge >= 0.3 is 0 Å². The maximum atomic E-state index is 2.64. The molecule has 3 aromatic rings. The summed E-state index contributed by atoms with van der Waals surface area (Å²) in [6, 6.07) is 25.6. The number of rotatable bonds is 2. The fourth-order valence-electron chi connectivity index (χ4n) is 8.34. The minimum absolute atomic E-state index is 0.0633. The van der Waals surface area contributed by atoms with Gasteiger partial charge in [-0.05, 0) is 107 Å². The zero-order valence-corrected chi connectivity index (χ0v) is 18.8. The summed E-state index contributed by atoms with van der Waals surface area (Å²) in [6.45, 7) is 4.88. The van der Waals surface area contributed by atoms with Crippen LogP contribution in [0.3, 0.4) is 0 Å². The van der Waals surface area contributed by atoms with E-state index in [1.807, 2.05) is 0 Å². The van der Waals surface area contributed by atoms with Crippen LogP contribution in [0, 0.1) is 17.8 Å². The summed E-state index contributed by atoms with van der Waals surface area (Å²) in [5.41, 5.74) is 10.8. The van der Waals surface area contributed by atoms with Crippen molar-refractivity contribution in [2.45, 2.75) is 63.2 Å². The molecule has 8 rings (SSSR count). The Balaban J connectivity index is 1.33. The van der Waals surface area contributed by atoms with Crippen LogP contribution < -0.4 is 0 Å². The highest BCUT2D eigenvalue weighted by atomic mass is 14.6. The maximum absolute atomic E-state index is 2.64. The molecule has 31 heavy (non-hydrogen) atoms. The van der Waals surface area contributed by atoms with Crippen molar-refractivity contribution >= 4 is 0 Å². The van der Waals surface area contributed by atoms with Crippen LogP contribution in [0.2, 0.25) is 0 Å². The van der Waals surface area contributed by atoms with Crippen LogP contribution in [-0.4, -0.2) is 0 Å². The molecule has 0 heterocycles. The third-order valence-corrected chi connectivity index (χ3v) is 9.43. The molecule has 0 atom stereocenters. The first-order chi connectivity index (χ1) is 15.0. The van der Waals surface area contributed by atoms with Crippen molar-refractivity contribution in [3.8, 4) is 22.3 Å². The molecule has 0 unspecified atom stereocenters. The number of hydrogen-bond donors (Lipinski definition) is 0. The summed E-state index contributed by atoms with van der Waals surface area (Å²) in [5.74, 6) is 2.99. The van der Waals surface area contributed by atoms with E-state index in [9.17, 15) is 0 Å². The molecule has 0 nitrogen and oxygen atoms in total. The molecule has 5 aliphatic rings. The van der Waals surface area contributed by atoms with E-state index >= 15 is 0 Å². The van der Waals surface area contributed by atoms with Crippen molar-refractivity contribution in [3.63, 3.8) is 0 Å². The third kappa shape index (κ3) is 2.54. The van der Waals surface area contributed by atoms with Crippen molar-refractivity contribution in [3.05, 3.63) is 83.4 Å². The van der Waals surface area contributed by atoms with Crippen LogP contribution in [0.5, 0.6) is 0 Å². The Kier molecular flexibility index (Phi) is 3.61. The van der Waals surface area contributed by atoms with Gasteiger partial charge in [-0.15, -0.1) is 0 Å². The first-order valence-electron chi connectivity index (χ1n) is 12.4. The van der Waals surface area contributed by atoms with E-state index in [4.69, 9.17) is 0 Å². The largest absolute Gasteiger partial charge is 0.0622 e. The first-order valence-corrected chi connectivity index (χ1v) is 12.4. The molecule has 4 bridgehead atoms. The Morgan fingerprint density at radius 3 is 1.84 bits per heavy atom. The Hall–Kier alpha value is -2.34. The molecule has 0 aromatic heterocycles. The van der Waals surface area contributed by atoms with E-state index < -0.39 is 0 Å². The average molecular weight is 405 g/mol. The molecule has 0 spiro atoms. The summed E-state index contributed by atoms with van der Waals surface area (Å²) in [6.07, 6.45) is 8.89. The predicted molar refractivity (Wildman–Crippen MR) is 129 cm³/mol. The summed E-state index contributed by atoms with van der Waals surface area (Å²) in [5, 5.41) is 0. The standard InChI is InChI=1S/C31H32/c1-30(2)28-15-24(23-6-4-3-5-7-23)8-10-26(28)27-11-9-25(16-29(27)30)31-17-20-12-21(18-31)14-22(13-20)19-31/h3-11,15-16,20-22H,12-14,17-19H2,1-2H3. The molecular formula is C31H32. The molecule has 0 saturated heterocycles. The van der Waals surface area contributed by atoms with Gasteiger partial charge in [0.05, 0.1) is 0 Å². The molecule has 156 valence electrons. The highest BCUT2D eigenvalue weighted by molar-refractivity contribution is 5.84. The Labute approximate surface area is 186 Å². The number of hydrogen-bond acceptors (Lipinski definition) is 0. The lowest BCUT2D eigenvalue weighted by Gasteiger charge is -2.57. The normalized spacial score (nSPS) is 31.5. The second-order valence-electron chi connectivity index (χ2n) is 11.7. The molecule has 0 radical (unpaired) electrons. The number of benzene rings is 3. The van der Waals surface area contributed by atoms with Gasteiger partial charge in [0, 0.05) is 5.41 Å². The van der Waals surface area contributed by atoms with Gasteiger partial charge in [0.2, 0.25) is 0 Å². The average Bonchev–Trinajstić information content (AvgIpc) is 3.00. The van der Waals surface area contributed by atoms with Gasteiger partial charge in [-0.3, -0.25) is 0 Å². The second kappa shape index (κ2) is 6.12. The highest BCUT2D eigenvalue weighted by Crippen LogP contribution is 2.61. The van der Waals surface area contributed by atoms with Crippen molar-refractivity contribution in [1.29, 1.82) is 0 Å². The lowest BCUT2D eigenvalue weighted by atomic mass is 9.48. The zero-order chi connectivity index (χ0) is 20.8. The van der Waals surface area contributed by atoms with Gasteiger partial charge in [0.1, 0.15) is 0 Å². The van der Waals surface area contributed by atoms with Gasteiger partial charge in [-0.2, -0.15) is 0 Å². The molecule has 0 aliphatic heterocycles. The van der Waals surface area contributed by atoms with Crippen molar-refractivity contribution in [2.24, 2.45) is 17.8 Å². The van der Waals surface area contributed by atoms with E-state index in [1.54, 1.807) is 11.1 Å². The molecular weight excluding hydrogens is 372 g/mol. The van der Waals surface area contributed by atoms with Gasteiger partial charge in [-0.25, -0.2) is 0 Å². The van der Waals surface area contributed by atoms with Crippen LogP contribution >= 0.6 is 0 Å². The Morgan fingerprint density at radius 1 is 0.613 bits per heavy atom. The summed E-state index contributed by atoms with van der Waals surface area (Å²) in [4.78, 5) is 0. The fourth-order valence-corrected chi connectivity index (χ4v) is 8.34. The van der Waals surface area contributed by atoms with E-state index in [2.05, 4.69) is 80.6 Å². The van der Waals surface area contributed by atoms with E-state index in [0.717, 1.165) is 17.8 Å². The van der Waals surface area contributed by atoms with Crippen LogP contribution in [0.4, 0.5) is 0 Å². The molecule has 4 saturated carbocycles. The van der Waals surface area contributed by atoms with E-state index in [1.165, 1.54) is 66.3 Å². The third-order valence-electron chi connectivity index (χ3n) is 9.43. The lowest BCUT2D eigenvalue weighted by Crippen LogP contribution is -2.48. The Morgan fingerprint density at radius 2 is 1.19 bits per heavy atom. The second-order valence-corrected chi connectivity index (χ2v) is 11.7. The highest BCUT2D eigenvalue weighted by Gasteiger charge is 2.52. The van der Waals surface area contributed by atoms with E-state index in [0.29, 0.717) is 5.41 Å². The lowest BCUT2D eigenvalue weighted by molar-refractivity contribution is -0.00522. The van der Waals surface area contributed by atoms with Gasteiger partial charge in [-0.1, -0.05) is 74.5 Å². The number of fused-ring (bicyclic) bond motifs is 3. The molecule has 0 heteroatoms. The van der Waals surface area contributed by atoms with Crippen molar-refractivity contribution in [1.82, 2.24) is 0 Å². The van der Waals surface area contributed by atoms with Crippen molar-refractivity contribution < 1.29 is 0 Å². The zero-order valence-electron chi connectivity index (χ0n) is 18.8. The van der Waals surface area contributed by atoms with Crippen LogP contribution in [0.25, 0.3) is 22.3 Å². The van der Waals surface area contributed by atoms with Crippen LogP contribution in [-0.2, 0) is 10.8 Å². The monoisotopic (exact) mass is 404 g/mol. The summed E-state index contributed by atoms with van der Waals surface area (Å²) < 4.78 is 0. The smallest absolute Gasteiger partial charge is 0.0159 e. The van der Waals surface area contributed by atoms with Gasteiger partial charge in [0.15, 0.2) is 0 Å². The first kappa shape index (κ1) is 18.3. The van der Waals surface area contributed by atoms with Gasteiger partial charge < -0.3 is 0 Å². The predicted octanol–water partition coefficient (Wildman–Crippen LogP) is 8.13. The maximum Gasteiger partial charge on any atom is 0.0159 e. The fraction of sp³-hybridized carbons (Fsp3) is 0.419. The molecule has 0 N–H and O–H groups in total. The SMILES string of the molecule is CC1(C)c2cc(-c3ccccc3)ccc2-c2ccc(C34CC5CC(CC(C5)C3)C4)cc21. The minimum atomic E-state index is 0.0633. The minimum Gasteiger partial charge on any atom is -0.0622 e. The quantitative estimate of drug-likeness (QED) is 0.404. The van der Waals surface area contributed by atoms with Crippen LogP contribution in [0.1, 0.15) is 69.1 Å². The van der Waals surface area contributed by atoms with Crippen LogP contribution in [0.15, 0.2) is 66.7 Å². The molecule has 0 amide bonds. The van der Waals surface area contributed by atoms with Crippen molar-refractivity contribution in [2.75, 3.05) is 0 Å². The molecule has 4 fully saturated rings. The topological polar surface area (TPSA) is 0 Å². The molecule has 3 aromatic carbocycles. The molecule has 5 aliphatic carbocycles.